The largest absolute Gasteiger partial charge is 0.494 e. The molecule has 0 bridgehead atoms. The lowest BCUT2D eigenvalue weighted by Gasteiger charge is -2.32. The van der Waals surface area contributed by atoms with Gasteiger partial charge in [-0.25, -0.2) is 9.07 Å². The molecule has 0 amide bonds. The molecule has 200 valence electrons. The summed E-state index contributed by atoms with van der Waals surface area (Å²) in [4.78, 5) is 18.4. The standard InChI is InChI=1S/C28H33FN6O3/c1-3-26(27-31-32-33-35(27)16-19-7-9-22(29)10-8-19)34(18-24-6-5-13-38-24)17-21-14-20-15-23(37-4-2)11-12-25(20)30-28(21)36/h7-12,14-15,24,26H,3-6,13,16-18H2,1-2H3,(H,30,36)/t24-,26+/m1/s1. The van der Waals surface area contributed by atoms with E-state index in [1.165, 1.54) is 12.1 Å². The molecule has 38 heavy (non-hydrogen) atoms. The minimum atomic E-state index is -0.283. The molecule has 1 aliphatic rings. The number of aromatic amines is 1. The molecule has 5 rings (SSSR count). The number of fused-ring (bicyclic) bond motifs is 1. The van der Waals surface area contributed by atoms with Crippen molar-refractivity contribution in [3.8, 4) is 5.75 Å². The number of hydrogen-bond acceptors (Lipinski definition) is 7. The van der Waals surface area contributed by atoms with Gasteiger partial charge in [0.1, 0.15) is 11.6 Å². The first kappa shape index (κ1) is 26.0. The number of benzene rings is 2. The Labute approximate surface area is 220 Å². The zero-order valence-corrected chi connectivity index (χ0v) is 21.8. The number of aromatic nitrogens is 5. The fourth-order valence-electron chi connectivity index (χ4n) is 5.10. The summed E-state index contributed by atoms with van der Waals surface area (Å²) in [5.74, 6) is 1.18. The molecular weight excluding hydrogens is 487 g/mol. The van der Waals surface area contributed by atoms with E-state index < -0.39 is 0 Å². The highest BCUT2D eigenvalue weighted by molar-refractivity contribution is 5.80. The van der Waals surface area contributed by atoms with Gasteiger partial charge in [-0.2, -0.15) is 0 Å². The highest BCUT2D eigenvalue weighted by Crippen LogP contribution is 2.28. The monoisotopic (exact) mass is 520 g/mol. The van der Waals surface area contributed by atoms with Crippen molar-refractivity contribution >= 4 is 10.9 Å². The number of hydrogen-bond donors (Lipinski definition) is 1. The lowest BCUT2D eigenvalue weighted by molar-refractivity contribution is 0.0489. The van der Waals surface area contributed by atoms with Crippen molar-refractivity contribution in [3.63, 3.8) is 0 Å². The van der Waals surface area contributed by atoms with Crippen molar-refractivity contribution in [1.82, 2.24) is 30.1 Å². The predicted octanol–water partition coefficient (Wildman–Crippen LogP) is 4.23. The number of tetrazole rings is 1. The fourth-order valence-corrected chi connectivity index (χ4v) is 5.10. The molecule has 4 aromatic rings. The number of nitrogens with one attached hydrogen (secondary N) is 1. The summed E-state index contributed by atoms with van der Waals surface area (Å²) in [7, 11) is 0. The Bertz CT molecular complexity index is 1410. The highest BCUT2D eigenvalue weighted by atomic mass is 19.1. The van der Waals surface area contributed by atoms with Gasteiger partial charge in [0.05, 0.1) is 25.3 Å². The van der Waals surface area contributed by atoms with E-state index in [0.29, 0.717) is 37.6 Å². The zero-order valence-electron chi connectivity index (χ0n) is 21.8. The normalized spacial score (nSPS) is 16.4. The Balaban J connectivity index is 1.47. The lowest BCUT2D eigenvalue weighted by Crippen LogP contribution is -2.37. The van der Waals surface area contributed by atoms with Crippen LogP contribution < -0.4 is 10.3 Å². The number of pyridine rings is 1. The highest BCUT2D eigenvalue weighted by Gasteiger charge is 2.29. The van der Waals surface area contributed by atoms with Gasteiger partial charge in [-0.05, 0) is 78.6 Å². The third-order valence-electron chi connectivity index (χ3n) is 6.97. The Morgan fingerprint density at radius 1 is 1.21 bits per heavy atom. The maximum Gasteiger partial charge on any atom is 0.252 e. The Morgan fingerprint density at radius 2 is 2.05 bits per heavy atom. The molecule has 0 unspecified atom stereocenters. The molecular formula is C28H33FN6O3. The van der Waals surface area contributed by atoms with Crippen molar-refractivity contribution in [2.75, 3.05) is 19.8 Å². The molecule has 0 spiro atoms. The molecule has 1 saturated heterocycles. The predicted molar refractivity (Wildman–Crippen MR) is 141 cm³/mol. The number of halogens is 1. The van der Waals surface area contributed by atoms with Crippen LogP contribution in [0.3, 0.4) is 0 Å². The summed E-state index contributed by atoms with van der Waals surface area (Å²) in [6, 6.07) is 13.8. The van der Waals surface area contributed by atoms with Gasteiger partial charge < -0.3 is 14.5 Å². The molecule has 2 aromatic heterocycles. The van der Waals surface area contributed by atoms with Gasteiger partial charge in [0, 0.05) is 36.2 Å². The number of H-pyrrole nitrogens is 1. The third-order valence-corrected chi connectivity index (χ3v) is 6.97. The summed E-state index contributed by atoms with van der Waals surface area (Å²) < 4.78 is 26.8. The van der Waals surface area contributed by atoms with Crippen molar-refractivity contribution in [3.05, 3.63) is 81.7 Å². The van der Waals surface area contributed by atoms with E-state index >= 15 is 0 Å². The molecule has 0 saturated carbocycles. The Hall–Kier alpha value is -3.63. The minimum Gasteiger partial charge on any atom is -0.494 e. The third kappa shape index (κ3) is 5.92. The van der Waals surface area contributed by atoms with E-state index in [1.807, 2.05) is 31.2 Å². The molecule has 9 nitrogen and oxygen atoms in total. The van der Waals surface area contributed by atoms with Gasteiger partial charge in [-0.15, -0.1) is 5.10 Å². The summed E-state index contributed by atoms with van der Waals surface area (Å²) >= 11 is 0. The molecule has 1 aliphatic heterocycles. The van der Waals surface area contributed by atoms with E-state index in [1.54, 1.807) is 16.8 Å². The number of rotatable bonds is 11. The first-order chi connectivity index (χ1) is 18.5. The van der Waals surface area contributed by atoms with Crippen LogP contribution in [0.2, 0.25) is 0 Å². The van der Waals surface area contributed by atoms with Crippen LogP contribution in [0, 0.1) is 5.82 Å². The summed E-state index contributed by atoms with van der Waals surface area (Å²) in [6.07, 6.45) is 2.80. The topological polar surface area (TPSA) is 98.2 Å². The smallest absolute Gasteiger partial charge is 0.252 e. The van der Waals surface area contributed by atoms with Gasteiger partial charge in [0.2, 0.25) is 0 Å². The average Bonchev–Trinajstić information content (AvgIpc) is 3.59. The SMILES string of the molecule is CCOc1ccc2[nH]c(=O)c(CN(C[C@H]3CCCO3)[C@@H](CC)c3nnnn3Cc3ccc(F)cc3)cc2c1. The molecule has 2 aromatic carbocycles. The zero-order chi connectivity index (χ0) is 26.5. The van der Waals surface area contributed by atoms with Gasteiger partial charge >= 0.3 is 0 Å². The van der Waals surface area contributed by atoms with Crippen LogP contribution in [-0.2, 0) is 17.8 Å². The molecule has 10 heteroatoms. The number of nitrogens with zero attached hydrogens (tertiary/aromatic N) is 5. The van der Waals surface area contributed by atoms with Crippen molar-refractivity contribution in [2.45, 2.75) is 58.3 Å². The number of ether oxygens (including phenoxy) is 2. The van der Waals surface area contributed by atoms with E-state index in [9.17, 15) is 9.18 Å². The van der Waals surface area contributed by atoms with E-state index in [4.69, 9.17) is 9.47 Å². The second-order valence-corrected chi connectivity index (χ2v) is 9.62. The maximum absolute atomic E-state index is 13.4. The van der Waals surface area contributed by atoms with Crippen LogP contribution in [0.5, 0.6) is 5.75 Å². The van der Waals surface area contributed by atoms with Crippen LogP contribution >= 0.6 is 0 Å². The van der Waals surface area contributed by atoms with Gasteiger partial charge in [-0.1, -0.05) is 19.1 Å². The summed E-state index contributed by atoms with van der Waals surface area (Å²) in [5.41, 5.74) is 2.19. The van der Waals surface area contributed by atoms with Crippen LogP contribution in [0.15, 0.2) is 53.3 Å². The molecule has 1 N–H and O–H groups in total. The fraction of sp³-hybridized carbons (Fsp3) is 0.429. The van der Waals surface area contributed by atoms with E-state index in [-0.39, 0.29) is 23.5 Å². The van der Waals surface area contributed by atoms with E-state index in [0.717, 1.165) is 48.1 Å². The quantitative estimate of drug-likeness (QED) is 0.316. The van der Waals surface area contributed by atoms with Gasteiger partial charge in [-0.3, -0.25) is 9.69 Å². The van der Waals surface area contributed by atoms with Crippen LogP contribution in [0.1, 0.15) is 56.1 Å². The molecule has 3 heterocycles. The molecule has 0 aliphatic carbocycles. The summed E-state index contributed by atoms with van der Waals surface area (Å²) in [5, 5.41) is 13.5. The molecule has 1 fully saturated rings. The minimum absolute atomic E-state index is 0.0783. The van der Waals surface area contributed by atoms with E-state index in [2.05, 4.69) is 32.3 Å². The second kappa shape index (κ2) is 11.8. The van der Waals surface area contributed by atoms with Crippen LogP contribution in [0.25, 0.3) is 10.9 Å². The Kier molecular flexibility index (Phi) is 8.09. The second-order valence-electron chi connectivity index (χ2n) is 9.62. The van der Waals surface area contributed by atoms with Gasteiger partial charge in [0.25, 0.3) is 5.56 Å². The Morgan fingerprint density at radius 3 is 2.79 bits per heavy atom. The molecule has 0 radical (unpaired) electrons. The van der Waals surface area contributed by atoms with Crippen molar-refractivity contribution in [2.24, 2.45) is 0 Å². The first-order valence-corrected chi connectivity index (χ1v) is 13.2. The van der Waals surface area contributed by atoms with Crippen molar-refractivity contribution in [1.29, 1.82) is 0 Å². The first-order valence-electron chi connectivity index (χ1n) is 13.2. The van der Waals surface area contributed by atoms with Crippen LogP contribution in [0.4, 0.5) is 4.39 Å². The molecule has 2 atom stereocenters. The maximum atomic E-state index is 13.4. The summed E-state index contributed by atoms with van der Waals surface area (Å²) in [6.45, 7) is 6.83. The lowest BCUT2D eigenvalue weighted by atomic mass is 10.1. The van der Waals surface area contributed by atoms with Gasteiger partial charge in [0.15, 0.2) is 5.82 Å². The average molecular weight is 521 g/mol. The van der Waals surface area contributed by atoms with Crippen LogP contribution in [-0.4, -0.2) is 56.0 Å². The van der Waals surface area contributed by atoms with Crippen molar-refractivity contribution < 1.29 is 13.9 Å².